The zero-order valence-electron chi connectivity index (χ0n) is 11.6. The molecule has 3 heteroatoms. The number of thiophene rings is 1. The van der Waals surface area contributed by atoms with E-state index in [0.717, 1.165) is 25.2 Å². The average Bonchev–Trinajstić information content (AvgIpc) is 2.96. The van der Waals surface area contributed by atoms with Crippen LogP contribution in [0.15, 0.2) is 41.1 Å². The first-order chi connectivity index (χ1) is 9.35. The molecule has 102 valence electrons. The van der Waals surface area contributed by atoms with E-state index < -0.39 is 0 Å². The Morgan fingerprint density at radius 3 is 2.53 bits per heavy atom. The number of unbranched alkanes of at least 4 members (excludes halogenated alkanes) is 1. The van der Waals surface area contributed by atoms with Gasteiger partial charge in [-0.3, -0.25) is 0 Å². The summed E-state index contributed by atoms with van der Waals surface area (Å²) in [6.07, 6.45) is 2.27. The molecule has 19 heavy (non-hydrogen) atoms. The van der Waals surface area contributed by atoms with Crippen LogP contribution in [-0.2, 0) is 0 Å². The van der Waals surface area contributed by atoms with Crippen LogP contribution in [0.4, 0.5) is 0 Å². The van der Waals surface area contributed by atoms with Crippen LogP contribution in [-0.4, -0.2) is 13.7 Å². The highest BCUT2D eigenvalue weighted by Crippen LogP contribution is 2.25. The van der Waals surface area contributed by atoms with Gasteiger partial charge in [-0.1, -0.05) is 25.5 Å². The molecule has 1 aromatic carbocycles. The van der Waals surface area contributed by atoms with E-state index in [1.807, 2.05) is 7.05 Å². The normalized spacial score (nSPS) is 12.3. The lowest BCUT2D eigenvalue weighted by molar-refractivity contribution is 0.309. The first kappa shape index (κ1) is 14.1. The molecule has 0 aliphatic rings. The van der Waals surface area contributed by atoms with Crippen molar-refractivity contribution in [2.24, 2.45) is 0 Å². The number of hydrogen-bond acceptors (Lipinski definition) is 3. The van der Waals surface area contributed by atoms with Crippen molar-refractivity contribution in [1.82, 2.24) is 5.32 Å². The summed E-state index contributed by atoms with van der Waals surface area (Å²) in [6, 6.07) is 10.8. The molecule has 0 bridgehead atoms. The molecule has 1 unspecified atom stereocenters. The van der Waals surface area contributed by atoms with E-state index >= 15 is 0 Å². The van der Waals surface area contributed by atoms with Crippen LogP contribution in [0, 0.1) is 0 Å². The van der Waals surface area contributed by atoms with Gasteiger partial charge in [0.1, 0.15) is 5.75 Å². The molecule has 0 saturated heterocycles. The second-order valence-electron chi connectivity index (χ2n) is 4.55. The van der Waals surface area contributed by atoms with Crippen molar-refractivity contribution in [2.75, 3.05) is 13.7 Å². The van der Waals surface area contributed by atoms with Crippen LogP contribution in [0.1, 0.15) is 36.9 Å². The molecule has 1 atom stereocenters. The topological polar surface area (TPSA) is 21.3 Å². The zero-order chi connectivity index (χ0) is 13.5. The lowest BCUT2D eigenvalue weighted by Crippen LogP contribution is -2.16. The number of hydrogen-bond donors (Lipinski definition) is 1. The third-order valence-electron chi connectivity index (χ3n) is 3.15. The number of benzene rings is 1. The minimum absolute atomic E-state index is 0.260. The Labute approximate surface area is 119 Å². The predicted molar refractivity (Wildman–Crippen MR) is 82.1 cm³/mol. The molecule has 1 aromatic heterocycles. The maximum absolute atomic E-state index is 5.69. The van der Waals surface area contributed by atoms with Gasteiger partial charge in [-0.25, -0.2) is 0 Å². The summed E-state index contributed by atoms with van der Waals surface area (Å²) >= 11 is 1.73. The SMILES string of the molecule is CCCCOc1ccc(C(NC)c2ccsc2)cc1. The number of nitrogens with one attached hydrogen (secondary N) is 1. The highest BCUT2D eigenvalue weighted by molar-refractivity contribution is 7.08. The fourth-order valence-electron chi connectivity index (χ4n) is 2.06. The monoisotopic (exact) mass is 275 g/mol. The van der Waals surface area contributed by atoms with E-state index in [1.165, 1.54) is 11.1 Å². The Bertz CT molecular complexity index is 464. The second kappa shape index (κ2) is 7.31. The number of ether oxygens (including phenoxy) is 1. The summed E-state index contributed by atoms with van der Waals surface area (Å²) < 4.78 is 5.69. The van der Waals surface area contributed by atoms with Crippen molar-refractivity contribution >= 4 is 11.3 Å². The molecule has 0 aliphatic heterocycles. The quantitative estimate of drug-likeness (QED) is 0.763. The smallest absolute Gasteiger partial charge is 0.119 e. The predicted octanol–water partition coefficient (Wildman–Crippen LogP) is 4.24. The van der Waals surface area contributed by atoms with Crippen molar-refractivity contribution in [3.05, 3.63) is 52.2 Å². The maximum atomic E-state index is 5.69. The standard InChI is InChI=1S/C16H21NOS/c1-3-4-10-18-15-7-5-13(6-8-15)16(17-2)14-9-11-19-12-14/h5-9,11-12,16-17H,3-4,10H2,1-2H3. The average molecular weight is 275 g/mol. The van der Waals surface area contributed by atoms with Crippen LogP contribution in [0.2, 0.25) is 0 Å². The van der Waals surface area contributed by atoms with Crippen LogP contribution in [0.25, 0.3) is 0 Å². The molecule has 2 nitrogen and oxygen atoms in total. The highest BCUT2D eigenvalue weighted by Gasteiger charge is 2.11. The van der Waals surface area contributed by atoms with E-state index in [4.69, 9.17) is 4.74 Å². The molecule has 0 amide bonds. The van der Waals surface area contributed by atoms with Gasteiger partial charge in [0.15, 0.2) is 0 Å². The van der Waals surface area contributed by atoms with Crippen LogP contribution >= 0.6 is 11.3 Å². The molecule has 0 spiro atoms. The van der Waals surface area contributed by atoms with Gasteiger partial charge in [-0.2, -0.15) is 11.3 Å². The first-order valence-electron chi connectivity index (χ1n) is 6.77. The van der Waals surface area contributed by atoms with Crippen LogP contribution < -0.4 is 10.1 Å². The van der Waals surface area contributed by atoms with E-state index in [0.29, 0.717) is 0 Å². The largest absolute Gasteiger partial charge is 0.494 e. The van der Waals surface area contributed by atoms with Crippen molar-refractivity contribution < 1.29 is 4.74 Å². The molecule has 0 aliphatic carbocycles. The van der Waals surface area contributed by atoms with Gasteiger partial charge in [0.25, 0.3) is 0 Å². The van der Waals surface area contributed by atoms with Gasteiger partial charge in [-0.15, -0.1) is 0 Å². The second-order valence-corrected chi connectivity index (χ2v) is 5.33. The van der Waals surface area contributed by atoms with E-state index in [-0.39, 0.29) is 6.04 Å². The van der Waals surface area contributed by atoms with Gasteiger partial charge in [-0.05, 0) is 53.6 Å². The van der Waals surface area contributed by atoms with Crippen molar-refractivity contribution in [3.8, 4) is 5.75 Å². The van der Waals surface area contributed by atoms with Gasteiger partial charge >= 0.3 is 0 Å². The molecular formula is C16H21NOS. The first-order valence-corrected chi connectivity index (χ1v) is 7.71. The van der Waals surface area contributed by atoms with Gasteiger partial charge in [0, 0.05) is 0 Å². The molecule has 2 rings (SSSR count). The zero-order valence-corrected chi connectivity index (χ0v) is 12.4. The Hall–Kier alpha value is -1.32. The van der Waals surface area contributed by atoms with Gasteiger partial charge in [0.2, 0.25) is 0 Å². The molecule has 0 fully saturated rings. The lowest BCUT2D eigenvalue weighted by Gasteiger charge is -2.16. The van der Waals surface area contributed by atoms with E-state index in [1.54, 1.807) is 11.3 Å². The molecule has 1 heterocycles. The summed E-state index contributed by atoms with van der Waals surface area (Å²) in [5.41, 5.74) is 2.58. The summed E-state index contributed by atoms with van der Waals surface area (Å²) in [4.78, 5) is 0. The van der Waals surface area contributed by atoms with Crippen molar-refractivity contribution in [1.29, 1.82) is 0 Å². The summed E-state index contributed by atoms with van der Waals surface area (Å²) in [5.74, 6) is 0.956. The van der Waals surface area contributed by atoms with Crippen LogP contribution in [0.5, 0.6) is 5.75 Å². The summed E-state index contributed by atoms with van der Waals surface area (Å²) in [6.45, 7) is 2.97. The van der Waals surface area contributed by atoms with E-state index in [2.05, 4.69) is 53.3 Å². The fraction of sp³-hybridized carbons (Fsp3) is 0.375. The molecule has 0 saturated carbocycles. The molecular weight excluding hydrogens is 254 g/mol. The van der Waals surface area contributed by atoms with Gasteiger partial charge in [0.05, 0.1) is 12.6 Å². The Balaban J connectivity index is 2.04. The highest BCUT2D eigenvalue weighted by atomic mass is 32.1. The molecule has 2 aromatic rings. The van der Waals surface area contributed by atoms with Crippen molar-refractivity contribution in [2.45, 2.75) is 25.8 Å². The van der Waals surface area contributed by atoms with Crippen LogP contribution in [0.3, 0.4) is 0 Å². The van der Waals surface area contributed by atoms with Gasteiger partial charge < -0.3 is 10.1 Å². The Morgan fingerprint density at radius 2 is 1.95 bits per heavy atom. The minimum atomic E-state index is 0.260. The Morgan fingerprint density at radius 1 is 1.16 bits per heavy atom. The molecule has 1 N–H and O–H groups in total. The summed E-state index contributed by atoms with van der Waals surface area (Å²) in [7, 11) is 1.99. The third-order valence-corrected chi connectivity index (χ3v) is 3.85. The number of rotatable bonds is 7. The molecule has 0 radical (unpaired) electrons. The fourth-order valence-corrected chi connectivity index (χ4v) is 2.74. The Kier molecular flexibility index (Phi) is 5.43. The third kappa shape index (κ3) is 3.82. The van der Waals surface area contributed by atoms with Crippen molar-refractivity contribution in [3.63, 3.8) is 0 Å². The summed E-state index contributed by atoms with van der Waals surface area (Å²) in [5, 5.41) is 7.66. The van der Waals surface area contributed by atoms with E-state index in [9.17, 15) is 0 Å². The maximum Gasteiger partial charge on any atom is 0.119 e. The minimum Gasteiger partial charge on any atom is -0.494 e. The lowest BCUT2D eigenvalue weighted by atomic mass is 10.0.